The van der Waals surface area contributed by atoms with Crippen molar-refractivity contribution in [3.05, 3.63) is 41.0 Å². The number of aromatic hydroxyl groups is 1. The van der Waals surface area contributed by atoms with E-state index in [4.69, 9.17) is 11.6 Å². The lowest BCUT2D eigenvalue weighted by atomic mass is 10.2. The topological polar surface area (TPSA) is 67.2 Å². The van der Waals surface area contributed by atoms with Crippen molar-refractivity contribution in [1.82, 2.24) is 9.78 Å². The van der Waals surface area contributed by atoms with E-state index in [2.05, 4.69) is 10.4 Å². The summed E-state index contributed by atoms with van der Waals surface area (Å²) >= 11 is 5.72. The van der Waals surface area contributed by atoms with Crippen molar-refractivity contribution >= 4 is 23.3 Å². The highest BCUT2D eigenvalue weighted by atomic mass is 35.5. The summed E-state index contributed by atoms with van der Waals surface area (Å²) in [5.74, 6) is 0.221. The number of aryl methyl sites for hydroxylation is 1. The van der Waals surface area contributed by atoms with E-state index in [0.717, 1.165) is 0 Å². The van der Waals surface area contributed by atoms with Gasteiger partial charge in [-0.05, 0) is 18.2 Å². The number of hydrogen-bond donors (Lipinski definition) is 2. The van der Waals surface area contributed by atoms with E-state index in [0.29, 0.717) is 11.4 Å². The molecule has 0 fully saturated rings. The molecule has 0 atom stereocenters. The zero-order valence-electron chi connectivity index (χ0n) is 9.01. The van der Waals surface area contributed by atoms with E-state index in [1.54, 1.807) is 24.0 Å². The summed E-state index contributed by atoms with van der Waals surface area (Å²) in [6.45, 7) is 0. The zero-order chi connectivity index (χ0) is 12.4. The lowest BCUT2D eigenvalue weighted by molar-refractivity contribution is 0.102. The van der Waals surface area contributed by atoms with Crippen LogP contribution in [0.5, 0.6) is 5.75 Å². The van der Waals surface area contributed by atoms with Crippen LogP contribution in [-0.2, 0) is 7.05 Å². The van der Waals surface area contributed by atoms with E-state index >= 15 is 0 Å². The number of anilines is 1. The first-order valence-electron chi connectivity index (χ1n) is 4.86. The lowest BCUT2D eigenvalue weighted by Crippen LogP contribution is -2.14. The highest BCUT2D eigenvalue weighted by Gasteiger charge is 2.10. The van der Waals surface area contributed by atoms with Gasteiger partial charge in [0.25, 0.3) is 5.91 Å². The molecule has 1 aromatic carbocycles. The third-order valence-corrected chi connectivity index (χ3v) is 2.58. The molecule has 17 heavy (non-hydrogen) atoms. The maximum absolute atomic E-state index is 11.8. The fourth-order valence-electron chi connectivity index (χ4n) is 1.33. The molecule has 0 bridgehead atoms. The van der Waals surface area contributed by atoms with E-state index in [1.165, 1.54) is 18.2 Å². The standard InChI is InChI=1S/C11H10ClN3O2/c1-15-10(4-5-13-15)14-11(17)7-2-3-9(16)8(12)6-7/h2-6,16H,1H3,(H,14,17). The molecule has 0 aliphatic rings. The molecule has 5 nitrogen and oxygen atoms in total. The Kier molecular flexibility index (Phi) is 3.01. The maximum Gasteiger partial charge on any atom is 0.256 e. The first-order valence-corrected chi connectivity index (χ1v) is 5.23. The smallest absolute Gasteiger partial charge is 0.256 e. The van der Waals surface area contributed by atoms with Crippen LogP contribution in [-0.4, -0.2) is 20.8 Å². The second kappa shape index (κ2) is 4.47. The maximum atomic E-state index is 11.8. The summed E-state index contributed by atoms with van der Waals surface area (Å²) in [7, 11) is 1.72. The van der Waals surface area contributed by atoms with E-state index in [1.807, 2.05) is 0 Å². The largest absolute Gasteiger partial charge is 0.506 e. The van der Waals surface area contributed by atoms with Gasteiger partial charge in [0.2, 0.25) is 0 Å². The molecule has 2 rings (SSSR count). The number of phenolic OH excluding ortho intramolecular Hbond substituents is 1. The fourth-order valence-corrected chi connectivity index (χ4v) is 1.51. The fraction of sp³-hybridized carbons (Fsp3) is 0.0909. The van der Waals surface area contributed by atoms with Gasteiger partial charge in [-0.1, -0.05) is 11.6 Å². The average Bonchev–Trinajstić information content (AvgIpc) is 2.68. The van der Waals surface area contributed by atoms with E-state index in [9.17, 15) is 9.90 Å². The summed E-state index contributed by atoms with van der Waals surface area (Å²) in [4.78, 5) is 11.8. The molecular formula is C11H10ClN3O2. The summed E-state index contributed by atoms with van der Waals surface area (Å²) in [6.07, 6.45) is 1.58. The summed E-state index contributed by atoms with van der Waals surface area (Å²) in [5, 5.41) is 16.0. The molecule has 1 amide bonds. The molecular weight excluding hydrogens is 242 g/mol. The Morgan fingerprint density at radius 1 is 1.47 bits per heavy atom. The number of rotatable bonds is 2. The van der Waals surface area contributed by atoms with Gasteiger partial charge < -0.3 is 10.4 Å². The van der Waals surface area contributed by atoms with Crippen molar-refractivity contribution in [1.29, 1.82) is 0 Å². The van der Waals surface area contributed by atoms with Crippen LogP contribution in [0.4, 0.5) is 5.82 Å². The van der Waals surface area contributed by atoms with Gasteiger partial charge in [0.1, 0.15) is 11.6 Å². The van der Waals surface area contributed by atoms with Crippen molar-refractivity contribution in [2.75, 3.05) is 5.32 Å². The van der Waals surface area contributed by atoms with Crippen molar-refractivity contribution in [3.8, 4) is 5.75 Å². The molecule has 0 unspecified atom stereocenters. The first kappa shape index (κ1) is 11.5. The molecule has 6 heteroatoms. The first-order chi connectivity index (χ1) is 8.08. The molecule has 0 saturated carbocycles. The van der Waals surface area contributed by atoms with Crippen LogP contribution in [0.2, 0.25) is 5.02 Å². The van der Waals surface area contributed by atoms with Crippen molar-refractivity contribution in [2.45, 2.75) is 0 Å². The van der Waals surface area contributed by atoms with Gasteiger partial charge in [0, 0.05) is 18.7 Å². The van der Waals surface area contributed by atoms with Gasteiger partial charge in [-0.15, -0.1) is 0 Å². The minimum Gasteiger partial charge on any atom is -0.506 e. The lowest BCUT2D eigenvalue weighted by Gasteiger charge is -2.06. The Bertz CT molecular complexity index is 566. The van der Waals surface area contributed by atoms with Crippen LogP contribution in [0.15, 0.2) is 30.5 Å². The number of carbonyl (C=O) groups is 1. The molecule has 2 aromatic rings. The number of carbonyl (C=O) groups excluding carboxylic acids is 1. The Morgan fingerprint density at radius 2 is 2.24 bits per heavy atom. The average molecular weight is 252 g/mol. The third kappa shape index (κ3) is 2.39. The number of phenols is 1. The summed E-state index contributed by atoms with van der Waals surface area (Å²) in [6, 6.07) is 5.95. The molecule has 0 aliphatic heterocycles. The van der Waals surface area contributed by atoms with Crippen molar-refractivity contribution in [3.63, 3.8) is 0 Å². The predicted octanol–water partition coefficient (Wildman–Crippen LogP) is 2.03. The van der Waals surface area contributed by atoms with Crippen LogP contribution < -0.4 is 5.32 Å². The van der Waals surface area contributed by atoms with Crippen LogP contribution in [0.3, 0.4) is 0 Å². The SMILES string of the molecule is Cn1nccc1NC(=O)c1ccc(O)c(Cl)c1. The molecule has 2 N–H and O–H groups in total. The molecule has 0 saturated heterocycles. The summed E-state index contributed by atoms with van der Waals surface area (Å²) < 4.78 is 1.54. The van der Waals surface area contributed by atoms with E-state index in [-0.39, 0.29) is 16.7 Å². The molecule has 1 aromatic heterocycles. The second-order valence-electron chi connectivity index (χ2n) is 3.46. The van der Waals surface area contributed by atoms with Crippen LogP contribution in [0.25, 0.3) is 0 Å². The third-order valence-electron chi connectivity index (χ3n) is 2.27. The number of halogens is 1. The minimum absolute atomic E-state index is 0.0521. The van der Waals surface area contributed by atoms with Gasteiger partial charge >= 0.3 is 0 Å². The molecule has 0 radical (unpaired) electrons. The van der Waals surface area contributed by atoms with Gasteiger partial charge in [-0.25, -0.2) is 0 Å². The predicted molar refractivity (Wildman–Crippen MR) is 64.3 cm³/mol. The van der Waals surface area contributed by atoms with Crippen LogP contribution in [0.1, 0.15) is 10.4 Å². The molecule has 0 aliphatic carbocycles. The minimum atomic E-state index is -0.310. The highest BCUT2D eigenvalue weighted by Crippen LogP contribution is 2.23. The summed E-state index contributed by atoms with van der Waals surface area (Å²) in [5.41, 5.74) is 0.369. The zero-order valence-corrected chi connectivity index (χ0v) is 9.77. The van der Waals surface area contributed by atoms with Crippen LogP contribution >= 0.6 is 11.6 Å². The number of nitrogens with zero attached hydrogens (tertiary/aromatic N) is 2. The second-order valence-corrected chi connectivity index (χ2v) is 3.87. The molecule has 0 spiro atoms. The quantitative estimate of drug-likeness (QED) is 0.858. The Balaban J connectivity index is 2.20. The highest BCUT2D eigenvalue weighted by molar-refractivity contribution is 6.32. The number of hydrogen-bond acceptors (Lipinski definition) is 3. The van der Waals surface area contributed by atoms with E-state index < -0.39 is 0 Å². The van der Waals surface area contributed by atoms with Gasteiger partial charge in [0.15, 0.2) is 0 Å². The number of nitrogens with one attached hydrogen (secondary N) is 1. The number of amides is 1. The Labute approximate surface area is 103 Å². The number of aromatic nitrogens is 2. The Hall–Kier alpha value is -2.01. The van der Waals surface area contributed by atoms with Gasteiger partial charge in [-0.2, -0.15) is 5.10 Å². The van der Waals surface area contributed by atoms with Crippen molar-refractivity contribution in [2.24, 2.45) is 7.05 Å². The van der Waals surface area contributed by atoms with Gasteiger partial charge in [0.05, 0.1) is 11.2 Å². The number of benzene rings is 1. The Morgan fingerprint density at radius 3 is 2.82 bits per heavy atom. The molecule has 1 heterocycles. The molecule has 88 valence electrons. The van der Waals surface area contributed by atoms with Crippen molar-refractivity contribution < 1.29 is 9.90 Å². The monoisotopic (exact) mass is 251 g/mol. The normalized spacial score (nSPS) is 10.2. The van der Waals surface area contributed by atoms with Gasteiger partial charge in [-0.3, -0.25) is 9.48 Å². The van der Waals surface area contributed by atoms with Crippen LogP contribution in [0, 0.1) is 0 Å².